The zero-order valence-corrected chi connectivity index (χ0v) is 15.3. The normalized spacial score (nSPS) is 10.7. The summed E-state index contributed by atoms with van der Waals surface area (Å²) in [6, 6.07) is 13.2. The maximum absolute atomic E-state index is 13.7. The first-order valence-electron chi connectivity index (χ1n) is 7.69. The highest BCUT2D eigenvalue weighted by Gasteiger charge is 2.17. The van der Waals surface area contributed by atoms with Crippen LogP contribution in [-0.4, -0.2) is 39.5 Å². The van der Waals surface area contributed by atoms with E-state index in [9.17, 15) is 9.18 Å². The Labute approximate surface area is 159 Å². The van der Waals surface area contributed by atoms with E-state index < -0.39 is 11.8 Å². The van der Waals surface area contributed by atoms with E-state index in [0.29, 0.717) is 37.7 Å². The molecule has 2 aromatic carbocycles. The predicted molar refractivity (Wildman–Crippen MR) is 104 cm³/mol. The van der Waals surface area contributed by atoms with Crippen LogP contribution >= 0.6 is 23.8 Å². The number of thiocarbonyl (C=S) groups is 1. The molecule has 0 spiro atoms. The predicted octanol–water partition coefficient (Wildman–Crippen LogP) is 4.39. The zero-order chi connectivity index (χ0) is 18.8. The first kappa shape index (κ1) is 18.2. The minimum Gasteiger partial charge on any atom is -0.480 e. The lowest BCUT2D eigenvalue weighted by atomic mass is 10.0. The number of fused-ring (bicyclic) bond motifs is 1. The fraction of sp³-hybridized carbons (Fsp3) is 0.105. The van der Waals surface area contributed by atoms with Crippen LogP contribution in [0.15, 0.2) is 48.5 Å². The Kier molecular flexibility index (Phi) is 5.15. The lowest BCUT2D eigenvalue weighted by Crippen LogP contribution is -2.31. The molecule has 0 saturated heterocycles. The maximum Gasteiger partial charge on any atom is 0.323 e. The SMILES string of the molecule is CN(CC(=O)O)C(=S)c1cc(-c2ccccc2Cl)nc2cc(F)ccc12. The summed E-state index contributed by atoms with van der Waals surface area (Å²) in [4.78, 5) is 17.3. The van der Waals surface area contributed by atoms with Crippen molar-refractivity contribution >= 4 is 45.7 Å². The van der Waals surface area contributed by atoms with Gasteiger partial charge in [-0.05, 0) is 24.3 Å². The summed E-state index contributed by atoms with van der Waals surface area (Å²) in [6.45, 7) is -0.245. The van der Waals surface area contributed by atoms with Gasteiger partial charge in [-0.25, -0.2) is 9.37 Å². The molecule has 7 heteroatoms. The van der Waals surface area contributed by atoms with Crippen molar-refractivity contribution in [1.29, 1.82) is 0 Å². The Morgan fingerprint density at radius 2 is 2.00 bits per heavy atom. The molecule has 4 nitrogen and oxygen atoms in total. The van der Waals surface area contributed by atoms with Gasteiger partial charge in [-0.2, -0.15) is 0 Å². The highest BCUT2D eigenvalue weighted by atomic mass is 35.5. The van der Waals surface area contributed by atoms with Gasteiger partial charge in [-0.15, -0.1) is 0 Å². The summed E-state index contributed by atoms with van der Waals surface area (Å²) in [5.41, 5.74) is 2.24. The molecule has 0 aliphatic heterocycles. The number of pyridine rings is 1. The van der Waals surface area contributed by atoms with Gasteiger partial charge in [0, 0.05) is 34.6 Å². The van der Waals surface area contributed by atoms with Gasteiger partial charge < -0.3 is 10.0 Å². The van der Waals surface area contributed by atoms with E-state index in [-0.39, 0.29) is 6.54 Å². The number of rotatable bonds is 4. The average molecular weight is 389 g/mol. The topological polar surface area (TPSA) is 53.4 Å². The molecular weight excluding hydrogens is 375 g/mol. The van der Waals surface area contributed by atoms with Gasteiger partial charge in [0.15, 0.2) is 0 Å². The van der Waals surface area contributed by atoms with E-state index >= 15 is 0 Å². The number of nitrogens with zero attached hydrogens (tertiary/aromatic N) is 2. The number of carboxylic acid groups (broad SMARTS) is 1. The first-order chi connectivity index (χ1) is 12.4. The molecule has 0 fully saturated rings. The molecule has 3 rings (SSSR count). The summed E-state index contributed by atoms with van der Waals surface area (Å²) in [5.74, 6) is -1.41. The number of hydrogen-bond donors (Lipinski definition) is 1. The van der Waals surface area contributed by atoms with E-state index in [4.69, 9.17) is 28.9 Å². The van der Waals surface area contributed by atoms with Gasteiger partial charge in [0.1, 0.15) is 17.4 Å². The Morgan fingerprint density at radius 3 is 2.69 bits per heavy atom. The van der Waals surface area contributed by atoms with E-state index in [0.717, 1.165) is 0 Å². The molecule has 0 atom stereocenters. The van der Waals surface area contributed by atoms with E-state index in [1.54, 1.807) is 31.3 Å². The third kappa shape index (κ3) is 3.66. The number of hydrogen-bond acceptors (Lipinski definition) is 3. The number of halogens is 2. The fourth-order valence-corrected chi connectivity index (χ4v) is 3.13. The molecule has 0 aliphatic rings. The van der Waals surface area contributed by atoms with E-state index in [1.807, 2.05) is 12.1 Å². The molecule has 0 unspecified atom stereocenters. The number of likely N-dealkylation sites (N-methyl/N-ethyl adjacent to an activating group) is 1. The lowest BCUT2D eigenvalue weighted by molar-refractivity contribution is -0.137. The Hall–Kier alpha value is -2.57. The second-order valence-corrected chi connectivity index (χ2v) is 6.55. The number of carboxylic acids is 1. The summed E-state index contributed by atoms with van der Waals surface area (Å²) < 4.78 is 13.7. The van der Waals surface area contributed by atoms with Crippen LogP contribution in [0.25, 0.3) is 22.2 Å². The van der Waals surface area contributed by atoms with Crippen molar-refractivity contribution in [2.45, 2.75) is 0 Å². The van der Waals surface area contributed by atoms with Crippen LogP contribution in [0.2, 0.25) is 5.02 Å². The van der Waals surface area contributed by atoms with Crippen LogP contribution in [0.3, 0.4) is 0 Å². The maximum atomic E-state index is 13.7. The number of aliphatic carboxylic acids is 1. The lowest BCUT2D eigenvalue weighted by Gasteiger charge is -2.20. The standard InChI is InChI=1S/C19H14ClFN2O2S/c1-23(10-18(24)25)19(26)14-9-17(13-4-2-3-5-15(13)20)22-16-8-11(21)6-7-12(14)16/h2-9H,10H2,1H3,(H,24,25). The van der Waals surface area contributed by atoms with Gasteiger partial charge in [0.05, 0.1) is 11.2 Å². The quantitative estimate of drug-likeness (QED) is 0.672. The first-order valence-corrected chi connectivity index (χ1v) is 8.48. The molecule has 132 valence electrons. The van der Waals surface area contributed by atoms with Crippen LogP contribution in [0.5, 0.6) is 0 Å². The molecule has 3 aromatic rings. The third-order valence-electron chi connectivity index (χ3n) is 3.87. The summed E-state index contributed by atoms with van der Waals surface area (Å²) in [6.07, 6.45) is 0. The molecule has 26 heavy (non-hydrogen) atoms. The summed E-state index contributed by atoms with van der Waals surface area (Å²) >= 11 is 11.7. The Bertz CT molecular complexity index is 1030. The van der Waals surface area contributed by atoms with E-state index in [1.165, 1.54) is 17.0 Å². The second kappa shape index (κ2) is 7.35. The Morgan fingerprint density at radius 1 is 1.27 bits per heavy atom. The second-order valence-electron chi connectivity index (χ2n) is 5.75. The molecule has 1 N–H and O–H groups in total. The van der Waals surface area contributed by atoms with Crippen LogP contribution in [0, 0.1) is 5.82 Å². The highest BCUT2D eigenvalue weighted by molar-refractivity contribution is 7.80. The molecular formula is C19H14ClFN2O2S. The van der Waals surface area contributed by atoms with Crippen molar-refractivity contribution in [3.63, 3.8) is 0 Å². The molecule has 0 radical (unpaired) electrons. The van der Waals surface area contributed by atoms with Crippen molar-refractivity contribution in [2.75, 3.05) is 13.6 Å². The summed E-state index contributed by atoms with van der Waals surface area (Å²) in [5, 5.41) is 10.2. The fourth-order valence-electron chi connectivity index (χ4n) is 2.67. The van der Waals surface area contributed by atoms with Crippen molar-refractivity contribution in [3.8, 4) is 11.3 Å². The highest BCUT2D eigenvalue weighted by Crippen LogP contribution is 2.30. The minimum absolute atomic E-state index is 0.245. The van der Waals surface area contributed by atoms with Crippen LogP contribution in [0.1, 0.15) is 5.56 Å². The smallest absolute Gasteiger partial charge is 0.323 e. The number of carbonyl (C=O) groups is 1. The largest absolute Gasteiger partial charge is 0.480 e. The number of aromatic nitrogens is 1. The van der Waals surface area contributed by atoms with Gasteiger partial charge in [-0.1, -0.05) is 42.0 Å². The molecule has 1 aromatic heterocycles. The molecule has 0 saturated carbocycles. The molecule has 0 aliphatic carbocycles. The zero-order valence-electron chi connectivity index (χ0n) is 13.7. The van der Waals surface area contributed by atoms with Crippen molar-refractivity contribution < 1.29 is 14.3 Å². The monoisotopic (exact) mass is 388 g/mol. The van der Waals surface area contributed by atoms with Crippen LogP contribution in [0.4, 0.5) is 4.39 Å². The molecule has 0 amide bonds. The van der Waals surface area contributed by atoms with Gasteiger partial charge in [0.2, 0.25) is 0 Å². The van der Waals surface area contributed by atoms with Crippen molar-refractivity contribution in [3.05, 3.63) is 64.9 Å². The minimum atomic E-state index is -0.995. The van der Waals surface area contributed by atoms with E-state index in [2.05, 4.69) is 4.98 Å². The van der Waals surface area contributed by atoms with Gasteiger partial charge in [-0.3, -0.25) is 4.79 Å². The van der Waals surface area contributed by atoms with Gasteiger partial charge >= 0.3 is 5.97 Å². The number of benzene rings is 2. The van der Waals surface area contributed by atoms with Crippen molar-refractivity contribution in [2.24, 2.45) is 0 Å². The average Bonchev–Trinajstić information content (AvgIpc) is 2.59. The van der Waals surface area contributed by atoms with Crippen LogP contribution in [-0.2, 0) is 4.79 Å². The molecule has 0 bridgehead atoms. The van der Waals surface area contributed by atoms with Crippen molar-refractivity contribution in [1.82, 2.24) is 9.88 Å². The molecule has 1 heterocycles. The summed E-state index contributed by atoms with van der Waals surface area (Å²) in [7, 11) is 1.60. The van der Waals surface area contributed by atoms with Crippen LogP contribution < -0.4 is 0 Å². The Balaban J connectivity index is 2.22. The third-order valence-corrected chi connectivity index (χ3v) is 4.73. The van der Waals surface area contributed by atoms with Gasteiger partial charge in [0.25, 0.3) is 0 Å².